The summed E-state index contributed by atoms with van der Waals surface area (Å²) in [7, 11) is 1.33. The number of nitrogens with one attached hydrogen (secondary N) is 2. The zero-order chi connectivity index (χ0) is 28.3. The Kier molecular flexibility index (Phi) is 7.35. The Balaban J connectivity index is 1.17. The quantitative estimate of drug-likeness (QED) is 0.229. The molecule has 0 saturated carbocycles. The second-order valence-corrected chi connectivity index (χ2v) is 10.9. The van der Waals surface area contributed by atoms with Crippen molar-refractivity contribution in [1.82, 2.24) is 9.97 Å². The molecule has 1 aliphatic carbocycles. The molecule has 0 aliphatic heterocycles. The fourth-order valence-corrected chi connectivity index (χ4v) is 6.65. The number of ether oxygens (including phenoxy) is 2. The van der Waals surface area contributed by atoms with Gasteiger partial charge in [0.2, 0.25) is 0 Å². The third kappa shape index (κ3) is 5.36. The molecule has 5 aromatic rings. The number of imidazole rings is 1. The van der Waals surface area contributed by atoms with Crippen molar-refractivity contribution in [2.24, 2.45) is 0 Å². The maximum atomic E-state index is 13.0. The van der Waals surface area contributed by atoms with E-state index in [4.69, 9.17) is 9.47 Å². The fraction of sp³-hybridized carbons (Fsp3) is 0.188. The zero-order valence-electron chi connectivity index (χ0n) is 22.3. The summed E-state index contributed by atoms with van der Waals surface area (Å²) in [6, 6.07) is 24.8. The lowest BCUT2D eigenvalue weighted by atomic mass is 9.83. The number of H-pyrrole nitrogens is 1. The molecule has 9 heteroatoms. The molecule has 1 aliphatic rings. The minimum Gasteiger partial charge on any atom is -0.465 e. The van der Waals surface area contributed by atoms with Crippen molar-refractivity contribution in [3.8, 4) is 11.4 Å². The normalized spacial score (nSPS) is 14.3. The Morgan fingerprint density at radius 1 is 0.976 bits per heavy atom. The monoisotopic (exact) mass is 565 g/mol. The van der Waals surface area contributed by atoms with Crippen molar-refractivity contribution in [1.29, 1.82) is 0 Å². The molecule has 0 radical (unpaired) electrons. The Bertz CT molecular complexity index is 1720. The van der Waals surface area contributed by atoms with Crippen LogP contribution >= 0.6 is 11.3 Å². The molecule has 0 fully saturated rings. The fourth-order valence-electron chi connectivity index (χ4n) is 5.32. The number of fused-ring (bicyclic) bond motifs is 2. The Morgan fingerprint density at radius 3 is 2.54 bits per heavy atom. The molecule has 0 bridgehead atoms. The van der Waals surface area contributed by atoms with Crippen LogP contribution in [0.15, 0.2) is 78.9 Å². The van der Waals surface area contributed by atoms with Gasteiger partial charge in [0.15, 0.2) is 6.61 Å². The largest absolute Gasteiger partial charge is 0.465 e. The Morgan fingerprint density at radius 2 is 1.73 bits per heavy atom. The van der Waals surface area contributed by atoms with Crippen molar-refractivity contribution in [3.05, 3.63) is 106 Å². The molecule has 1 amide bonds. The van der Waals surface area contributed by atoms with Gasteiger partial charge in [0.25, 0.3) is 5.91 Å². The highest BCUT2D eigenvalue weighted by Crippen LogP contribution is 2.42. The first-order chi connectivity index (χ1) is 20.0. The number of hydrogen-bond acceptors (Lipinski definition) is 7. The van der Waals surface area contributed by atoms with Crippen LogP contribution in [0, 0.1) is 0 Å². The standard InChI is InChI=1S/C32H27N3O5S/c1-39-32(38)28-23-16-15-20(19-9-3-2-4-10-19)17-26(23)41-30(28)35-27(36)18-40-31(37)22-12-6-5-11-21(22)29-33-24-13-7-8-14-25(24)34-29/h2-14,20H,15-18H2,1H3,(H,33,34)(H,35,36). The number of esters is 2. The van der Waals surface area contributed by atoms with Crippen LogP contribution in [0.5, 0.6) is 0 Å². The van der Waals surface area contributed by atoms with Gasteiger partial charge in [-0.3, -0.25) is 4.79 Å². The number of aromatic nitrogens is 2. The van der Waals surface area contributed by atoms with Gasteiger partial charge in [-0.15, -0.1) is 11.3 Å². The number of hydrogen-bond donors (Lipinski definition) is 2. The van der Waals surface area contributed by atoms with Gasteiger partial charge < -0.3 is 19.8 Å². The molecule has 3 aromatic carbocycles. The number of carbonyl (C=O) groups excluding carboxylic acids is 3. The first-order valence-corrected chi connectivity index (χ1v) is 14.1. The number of aromatic amines is 1. The zero-order valence-corrected chi connectivity index (χ0v) is 23.1. The highest BCUT2D eigenvalue weighted by molar-refractivity contribution is 7.17. The summed E-state index contributed by atoms with van der Waals surface area (Å²) in [5.41, 5.74) is 5.04. The third-order valence-corrected chi connectivity index (χ3v) is 8.47. The molecule has 6 rings (SSSR count). The van der Waals surface area contributed by atoms with Gasteiger partial charge in [-0.1, -0.05) is 60.7 Å². The number of carbonyl (C=O) groups is 3. The van der Waals surface area contributed by atoms with Crippen molar-refractivity contribution in [2.75, 3.05) is 19.0 Å². The highest BCUT2D eigenvalue weighted by Gasteiger charge is 2.31. The van der Waals surface area contributed by atoms with E-state index in [1.807, 2.05) is 42.5 Å². The number of nitrogens with zero attached hydrogens (tertiary/aromatic N) is 1. The average Bonchev–Trinajstić information content (AvgIpc) is 3.60. The Hall–Kier alpha value is -4.76. The van der Waals surface area contributed by atoms with Crippen LogP contribution in [-0.4, -0.2) is 41.5 Å². The van der Waals surface area contributed by atoms with Crippen LogP contribution in [0.3, 0.4) is 0 Å². The second-order valence-electron chi connectivity index (χ2n) is 9.82. The van der Waals surface area contributed by atoms with E-state index in [-0.39, 0.29) is 5.56 Å². The van der Waals surface area contributed by atoms with Crippen LogP contribution in [0.4, 0.5) is 5.00 Å². The molecule has 8 nitrogen and oxygen atoms in total. The lowest BCUT2D eigenvalue weighted by Crippen LogP contribution is -2.22. The molecule has 0 saturated heterocycles. The molecule has 206 valence electrons. The van der Waals surface area contributed by atoms with E-state index in [1.165, 1.54) is 24.0 Å². The summed E-state index contributed by atoms with van der Waals surface area (Å²) in [6.45, 7) is -0.511. The number of thiophene rings is 1. The molecular formula is C32H27N3O5S. The van der Waals surface area contributed by atoms with E-state index in [1.54, 1.807) is 24.3 Å². The van der Waals surface area contributed by atoms with Gasteiger partial charge in [0, 0.05) is 10.4 Å². The van der Waals surface area contributed by atoms with Gasteiger partial charge in [-0.25, -0.2) is 14.6 Å². The van der Waals surface area contributed by atoms with E-state index >= 15 is 0 Å². The molecular weight excluding hydrogens is 538 g/mol. The summed E-state index contributed by atoms with van der Waals surface area (Å²) in [5.74, 6) is -0.815. The number of methoxy groups -OCH3 is 1. The molecule has 2 N–H and O–H groups in total. The van der Waals surface area contributed by atoms with Gasteiger partial charge in [0.05, 0.1) is 29.3 Å². The summed E-state index contributed by atoms with van der Waals surface area (Å²) in [5, 5.41) is 3.21. The average molecular weight is 566 g/mol. The van der Waals surface area contributed by atoms with E-state index in [9.17, 15) is 14.4 Å². The van der Waals surface area contributed by atoms with Crippen LogP contribution in [0.1, 0.15) is 49.1 Å². The molecule has 41 heavy (non-hydrogen) atoms. The smallest absolute Gasteiger partial charge is 0.341 e. The van der Waals surface area contributed by atoms with Crippen molar-refractivity contribution >= 4 is 45.2 Å². The van der Waals surface area contributed by atoms with Gasteiger partial charge in [0.1, 0.15) is 10.8 Å². The van der Waals surface area contributed by atoms with Gasteiger partial charge in [-0.05, 0) is 54.5 Å². The first-order valence-electron chi connectivity index (χ1n) is 13.3. The van der Waals surface area contributed by atoms with Gasteiger partial charge in [-0.2, -0.15) is 0 Å². The number of benzene rings is 3. The van der Waals surface area contributed by atoms with E-state index < -0.39 is 24.5 Å². The molecule has 2 aromatic heterocycles. The van der Waals surface area contributed by atoms with E-state index in [0.29, 0.717) is 34.3 Å². The SMILES string of the molecule is COC(=O)c1c(NC(=O)COC(=O)c2ccccc2-c2nc3ccccc3[nH]2)sc2c1CCC(c1ccccc1)C2. The van der Waals surface area contributed by atoms with E-state index in [0.717, 1.165) is 34.3 Å². The van der Waals surface area contributed by atoms with Crippen LogP contribution in [-0.2, 0) is 27.1 Å². The maximum Gasteiger partial charge on any atom is 0.341 e. The Labute approximate surface area is 240 Å². The van der Waals surface area contributed by atoms with Crippen molar-refractivity contribution in [3.63, 3.8) is 0 Å². The van der Waals surface area contributed by atoms with Crippen molar-refractivity contribution < 1.29 is 23.9 Å². The van der Waals surface area contributed by atoms with Gasteiger partial charge >= 0.3 is 11.9 Å². The van der Waals surface area contributed by atoms with Crippen LogP contribution in [0.25, 0.3) is 22.4 Å². The predicted molar refractivity (Wildman–Crippen MR) is 157 cm³/mol. The second kappa shape index (κ2) is 11.4. The van der Waals surface area contributed by atoms with Crippen LogP contribution < -0.4 is 5.32 Å². The predicted octanol–water partition coefficient (Wildman–Crippen LogP) is 6.15. The number of anilines is 1. The van der Waals surface area contributed by atoms with E-state index in [2.05, 4.69) is 27.4 Å². The summed E-state index contributed by atoms with van der Waals surface area (Å²) < 4.78 is 10.4. The lowest BCUT2D eigenvalue weighted by molar-refractivity contribution is -0.119. The summed E-state index contributed by atoms with van der Waals surface area (Å²) in [6.07, 6.45) is 2.38. The maximum absolute atomic E-state index is 13.0. The minimum absolute atomic E-state index is 0.285. The molecule has 2 heterocycles. The lowest BCUT2D eigenvalue weighted by Gasteiger charge is -2.22. The third-order valence-electron chi connectivity index (χ3n) is 7.30. The first kappa shape index (κ1) is 26.5. The number of amides is 1. The number of para-hydroxylation sites is 2. The van der Waals surface area contributed by atoms with Crippen molar-refractivity contribution in [2.45, 2.75) is 25.2 Å². The molecule has 1 unspecified atom stereocenters. The van der Waals surface area contributed by atoms with Crippen LogP contribution in [0.2, 0.25) is 0 Å². The molecule has 1 atom stereocenters. The minimum atomic E-state index is -0.652. The summed E-state index contributed by atoms with van der Waals surface area (Å²) >= 11 is 1.38. The summed E-state index contributed by atoms with van der Waals surface area (Å²) in [4.78, 5) is 47.6. The topological polar surface area (TPSA) is 110 Å². The molecule has 0 spiro atoms. The number of rotatable bonds is 7. The highest BCUT2D eigenvalue weighted by atomic mass is 32.1.